The van der Waals surface area contributed by atoms with E-state index in [9.17, 15) is 0 Å². The average molecular weight is 342 g/mol. The predicted molar refractivity (Wildman–Crippen MR) is 100 cm³/mol. The summed E-state index contributed by atoms with van der Waals surface area (Å²) in [6.07, 6.45) is 7.81. The summed E-state index contributed by atoms with van der Waals surface area (Å²) >= 11 is 5.53. The molecule has 0 saturated heterocycles. The highest BCUT2D eigenvalue weighted by atomic mass is 32.1. The van der Waals surface area contributed by atoms with Crippen molar-refractivity contribution in [2.45, 2.75) is 31.2 Å². The zero-order valence-corrected chi connectivity index (χ0v) is 14.4. The molecular formula is C19H22N2O2S. The number of furan rings is 1. The first-order chi connectivity index (χ1) is 11.7. The Bertz CT molecular complexity index is 691. The minimum Gasteiger partial charge on any atom is -0.489 e. The fourth-order valence-electron chi connectivity index (χ4n) is 3.16. The molecule has 4 nitrogen and oxygen atoms in total. The van der Waals surface area contributed by atoms with E-state index in [0.717, 1.165) is 30.0 Å². The van der Waals surface area contributed by atoms with Crippen molar-refractivity contribution in [1.82, 2.24) is 5.32 Å². The lowest BCUT2D eigenvalue weighted by Gasteiger charge is -2.29. The lowest BCUT2D eigenvalue weighted by atomic mass is 9.94. The summed E-state index contributed by atoms with van der Waals surface area (Å²) in [7, 11) is 0. The predicted octanol–water partition coefficient (Wildman–Crippen LogP) is 4.60. The van der Waals surface area contributed by atoms with Crippen LogP contribution in [0.5, 0.6) is 5.75 Å². The van der Waals surface area contributed by atoms with E-state index in [4.69, 9.17) is 21.4 Å². The van der Waals surface area contributed by atoms with Gasteiger partial charge in [-0.15, -0.1) is 0 Å². The van der Waals surface area contributed by atoms with Crippen LogP contribution in [-0.4, -0.2) is 11.7 Å². The van der Waals surface area contributed by atoms with Crippen LogP contribution in [-0.2, 0) is 5.54 Å². The third-order valence-corrected chi connectivity index (χ3v) is 4.47. The van der Waals surface area contributed by atoms with Gasteiger partial charge in [0.15, 0.2) is 5.11 Å². The minimum atomic E-state index is -0.204. The van der Waals surface area contributed by atoms with Gasteiger partial charge in [-0.05, 0) is 49.3 Å². The van der Waals surface area contributed by atoms with E-state index in [2.05, 4.69) is 17.2 Å². The Kier molecular flexibility index (Phi) is 5.20. The monoisotopic (exact) mass is 342 g/mol. The van der Waals surface area contributed by atoms with Crippen molar-refractivity contribution in [3.63, 3.8) is 0 Å². The number of rotatable bonds is 6. The van der Waals surface area contributed by atoms with E-state index in [1.807, 2.05) is 36.4 Å². The molecule has 1 saturated carbocycles. The fraction of sp³-hybridized carbons (Fsp3) is 0.316. The Morgan fingerprint density at radius 1 is 1.29 bits per heavy atom. The van der Waals surface area contributed by atoms with Crippen LogP contribution in [0.2, 0.25) is 0 Å². The summed E-state index contributed by atoms with van der Waals surface area (Å²) in [5.74, 6) is 1.73. The van der Waals surface area contributed by atoms with Gasteiger partial charge in [0.25, 0.3) is 0 Å². The summed E-state index contributed by atoms with van der Waals surface area (Å²) in [6.45, 7) is 4.14. The largest absolute Gasteiger partial charge is 0.489 e. The van der Waals surface area contributed by atoms with Gasteiger partial charge in [-0.25, -0.2) is 0 Å². The molecule has 1 fully saturated rings. The molecule has 1 aromatic carbocycles. The highest BCUT2D eigenvalue weighted by molar-refractivity contribution is 7.80. The Morgan fingerprint density at radius 2 is 2.12 bits per heavy atom. The van der Waals surface area contributed by atoms with Crippen molar-refractivity contribution in [1.29, 1.82) is 0 Å². The Labute approximate surface area is 147 Å². The summed E-state index contributed by atoms with van der Waals surface area (Å²) in [6, 6.07) is 11.7. The van der Waals surface area contributed by atoms with Gasteiger partial charge in [-0.1, -0.05) is 31.6 Å². The van der Waals surface area contributed by atoms with Crippen LogP contribution in [0.1, 0.15) is 31.4 Å². The van der Waals surface area contributed by atoms with Crippen LogP contribution < -0.4 is 15.4 Å². The normalized spacial score (nSPS) is 15.7. The van der Waals surface area contributed by atoms with Gasteiger partial charge >= 0.3 is 0 Å². The molecule has 24 heavy (non-hydrogen) atoms. The zero-order valence-electron chi connectivity index (χ0n) is 13.6. The molecule has 0 bridgehead atoms. The molecule has 1 heterocycles. The zero-order chi connectivity index (χ0) is 16.8. The van der Waals surface area contributed by atoms with Gasteiger partial charge in [-0.2, -0.15) is 0 Å². The van der Waals surface area contributed by atoms with Gasteiger partial charge in [0, 0.05) is 11.8 Å². The maximum Gasteiger partial charge on any atom is 0.171 e. The van der Waals surface area contributed by atoms with Gasteiger partial charge in [-0.3, -0.25) is 0 Å². The number of hydrogen-bond donors (Lipinski definition) is 2. The van der Waals surface area contributed by atoms with E-state index in [1.165, 1.54) is 12.8 Å². The molecule has 0 amide bonds. The van der Waals surface area contributed by atoms with E-state index < -0.39 is 0 Å². The van der Waals surface area contributed by atoms with Gasteiger partial charge in [0.05, 0.1) is 11.8 Å². The molecule has 126 valence electrons. The third-order valence-electron chi connectivity index (χ3n) is 4.26. The maximum atomic E-state index is 5.66. The second kappa shape index (κ2) is 7.53. The minimum absolute atomic E-state index is 0.204. The van der Waals surface area contributed by atoms with E-state index in [1.54, 1.807) is 12.3 Å². The molecule has 1 aliphatic carbocycles. The van der Waals surface area contributed by atoms with Gasteiger partial charge in [0.2, 0.25) is 0 Å². The number of nitrogens with one attached hydrogen (secondary N) is 2. The fourth-order valence-corrected chi connectivity index (χ4v) is 3.47. The molecule has 2 aromatic rings. The molecule has 1 aromatic heterocycles. The first-order valence-corrected chi connectivity index (χ1v) is 8.60. The Hall–Kier alpha value is -2.27. The molecule has 2 N–H and O–H groups in total. The van der Waals surface area contributed by atoms with Crippen molar-refractivity contribution in [3.8, 4) is 5.75 Å². The SMILES string of the molecule is C=CCOc1cccc(NC(=S)NC2(c3ccco3)CCCC2)c1. The quantitative estimate of drug-likeness (QED) is 0.593. The summed E-state index contributed by atoms with van der Waals surface area (Å²) in [5.41, 5.74) is 0.687. The molecule has 0 spiro atoms. The topological polar surface area (TPSA) is 46.4 Å². The van der Waals surface area contributed by atoms with Crippen molar-refractivity contribution < 1.29 is 9.15 Å². The van der Waals surface area contributed by atoms with Gasteiger partial charge < -0.3 is 19.8 Å². The second-order valence-corrected chi connectivity index (χ2v) is 6.38. The second-order valence-electron chi connectivity index (χ2n) is 5.97. The van der Waals surface area contributed by atoms with E-state index in [0.29, 0.717) is 11.7 Å². The average Bonchev–Trinajstić information content (AvgIpc) is 3.25. The highest BCUT2D eigenvalue weighted by Gasteiger charge is 2.38. The number of hydrogen-bond acceptors (Lipinski definition) is 3. The first kappa shape index (κ1) is 16.6. The van der Waals surface area contributed by atoms with Crippen LogP contribution in [0.15, 0.2) is 59.7 Å². The lowest BCUT2D eigenvalue weighted by Crippen LogP contribution is -2.45. The highest BCUT2D eigenvalue weighted by Crippen LogP contribution is 2.39. The lowest BCUT2D eigenvalue weighted by molar-refractivity contribution is 0.317. The van der Waals surface area contributed by atoms with Gasteiger partial charge in [0.1, 0.15) is 18.1 Å². The van der Waals surface area contributed by atoms with Crippen LogP contribution in [0.25, 0.3) is 0 Å². The molecule has 0 unspecified atom stereocenters. The van der Waals surface area contributed by atoms with Crippen LogP contribution >= 0.6 is 12.2 Å². The van der Waals surface area contributed by atoms with Crippen molar-refractivity contribution >= 4 is 23.0 Å². The maximum absolute atomic E-state index is 5.66. The number of benzene rings is 1. The standard InChI is InChI=1S/C19H22N2O2S/c1-2-12-22-16-8-5-7-15(14-16)20-18(24)21-19(10-3-4-11-19)17-9-6-13-23-17/h2,5-9,13-14H,1,3-4,10-12H2,(H2,20,21,24). The van der Waals surface area contributed by atoms with Crippen LogP contribution in [0.3, 0.4) is 0 Å². The molecule has 0 atom stereocenters. The smallest absolute Gasteiger partial charge is 0.171 e. The molecular weight excluding hydrogens is 320 g/mol. The summed E-state index contributed by atoms with van der Waals surface area (Å²) in [5, 5.41) is 7.31. The summed E-state index contributed by atoms with van der Waals surface area (Å²) < 4.78 is 11.2. The number of anilines is 1. The van der Waals surface area contributed by atoms with Crippen molar-refractivity contribution in [2.75, 3.05) is 11.9 Å². The molecule has 3 rings (SSSR count). The van der Waals surface area contributed by atoms with Crippen LogP contribution in [0, 0.1) is 0 Å². The number of thiocarbonyl (C=S) groups is 1. The summed E-state index contributed by atoms with van der Waals surface area (Å²) in [4.78, 5) is 0. The van der Waals surface area contributed by atoms with Crippen LogP contribution in [0.4, 0.5) is 5.69 Å². The Morgan fingerprint density at radius 3 is 2.83 bits per heavy atom. The van der Waals surface area contributed by atoms with Crippen molar-refractivity contribution in [3.05, 3.63) is 61.1 Å². The molecule has 0 radical (unpaired) electrons. The molecule has 5 heteroatoms. The van der Waals surface area contributed by atoms with E-state index >= 15 is 0 Å². The van der Waals surface area contributed by atoms with Crippen molar-refractivity contribution in [2.24, 2.45) is 0 Å². The Balaban J connectivity index is 1.67. The molecule has 0 aliphatic heterocycles. The number of ether oxygens (including phenoxy) is 1. The first-order valence-electron chi connectivity index (χ1n) is 8.19. The molecule has 1 aliphatic rings. The van der Waals surface area contributed by atoms with E-state index in [-0.39, 0.29) is 5.54 Å². The third kappa shape index (κ3) is 3.79.